The third-order valence-corrected chi connectivity index (χ3v) is 4.14. The third-order valence-electron chi connectivity index (χ3n) is 3.86. The molecule has 0 spiro atoms. The highest BCUT2D eigenvalue weighted by molar-refractivity contribution is 6.28. The van der Waals surface area contributed by atoms with Gasteiger partial charge in [0.05, 0.1) is 0 Å². The van der Waals surface area contributed by atoms with E-state index in [1.807, 2.05) is 0 Å². The Labute approximate surface area is 109 Å². The summed E-state index contributed by atoms with van der Waals surface area (Å²) in [6.07, 6.45) is 8.73. The van der Waals surface area contributed by atoms with Crippen molar-refractivity contribution in [2.75, 3.05) is 0 Å². The topological polar surface area (TPSA) is 30.7 Å². The fourth-order valence-electron chi connectivity index (χ4n) is 2.82. The standard InChI is InChI=1S/C13H22ClN3/c1-3-7-11-15-16-12(14)17(11)10-13(2)8-5-4-6-9-13/h3-10H2,1-2H3. The minimum Gasteiger partial charge on any atom is -0.301 e. The van der Waals surface area contributed by atoms with Crippen LogP contribution in [0.15, 0.2) is 0 Å². The van der Waals surface area contributed by atoms with E-state index in [9.17, 15) is 0 Å². The van der Waals surface area contributed by atoms with Crippen molar-refractivity contribution in [1.29, 1.82) is 0 Å². The van der Waals surface area contributed by atoms with Gasteiger partial charge < -0.3 is 4.57 Å². The summed E-state index contributed by atoms with van der Waals surface area (Å²) in [7, 11) is 0. The summed E-state index contributed by atoms with van der Waals surface area (Å²) in [5.41, 5.74) is 0.382. The summed E-state index contributed by atoms with van der Waals surface area (Å²) in [5.74, 6) is 1.05. The van der Waals surface area contributed by atoms with Crippen LogP contribution < -0.4 is 0 Å². The molecule has 1 aliphatic carbocycles. The van der Waals surface area contributed by atoms with Crippen molar-refractivity contribution in [2.24, 2.45) is 5.41 Å². The van der Waals surface area contributed by atoms with Gasteiger partial charge in [-0.3, -0.25) is 0 Å². The number of nitrogens with zero attached hydrogens (tertiary/aromatic N) is 3. The second-order valence-corrected chi connectivity index (χ2v) is 5.93. The van der Waals surface area contributed by atoms with Crippen LogP contribution in [0, 0.1) is 5.41 Å². The lowest BCUT2D eigenvalue weighted by molar-refractivity contribution is 0.181. The van der Waals surface area contributed by atoms with E-state index in [4.69, 9.17) is 11.6 Å². The first-order valence-electron chi connectivity index (χ1n) is 6.72. The molecule has 0 bridgehead atoms. The molecule has 96 valence electrons. The molecule has 3 nitrogen and oxygen atoms in total. The molecular formula is C13H22ClN3. The van der Waals surface area contributed by atoms with Crippen molar-refractivity contribution >= 4 is 11.6 Å². The SMILES string of the molecule is CCCc1nnc(Cl)n1CC1(C)CCCCC1. The van der Waals surface area contributed by atoms with Crippen molar-refractivity contribution in [3.8, 4) is 0 Å². The quantitative estimate of drug-likeness (QED) is 0.818. The van der Waals surface area contributed by atoms with E-state index in [1.165, 1.54) is 32.1 Å². The van der Waals surface area contributed by atoms with E-state index >= 15 is 0 Å². The zero-order chi connectivity index (χ0) is 12.3. The van der Waals surface area contributed by atoms with E-state index in [1.54, 1.807) is 0 Å². The second-order valence-electron chi connectivity index (χ2n) is 5.59. The molecule has 1 aromatic heterocycles. The Hall–Kier alpha value is -0.570. The van der Waals surface area contributed by atoms with Crippen LogP contribution in [0.5, 0.6) is 0 Å². The summed E-state index contributed by atoms with van der Waals surface area (Å²) in [5, 5.41) is 8.75. The number of halogens is 1. The first kappa shape index (κ1) is 12.9. The van der Waals surface area contributed by atoms with Crippen LogP contribution in [0.2, 0.25) is 5.28 Å². The number of aromatic nitrogens is 3. The summed E-state index contributed by atoms with van der Waals surface area (Å²) in [4.78, 5) is 0. The molecule has 0 radical (unpaired) electrons. The highest BCUT2D eigenvalue weighted by atomic mass is 35.5. The zero-order valence-corrected chi connectivity index (χ0v) is 11.6. The summed E-state index contributed by atoms with van der Waals surface area (Å²) in [6, 6.07) is 0. The van der Waals surface area contributed by atoms with Crippen LogP contribution in [-0.4, -0.2) is 14.8 Å². The molecule has 1 aliphatic rings. The number of hydrogen-bond acceptors (Lipinski definition) is 2. The van der Waals surface area contributed by atoms with Gasteiger partial charge in [-0.1, -0.05) is 33.1 Å². The molecule has 1 aromatic rings. The fourth-order valence-corrected chi connectivity index (χ4v) is 3.02. The molecule has 0 aromatic carbocycles. The lowest BCUT2D eigenvalue weighted by Gasteiger charge is -2.34. The van der Waals surface area contributed by atoms with Gasteiger partial charge in [-0.05, 0) is 36.3 Å². The maximum atomic E-state index is 6.15. The maximum absolute atomic E-state index is 6.15. The van der Waals surface area contributed by atoms with Crippen LogP contribution in [0.25, 0.3) is 0 Å². The second kappa shape index (κ2) is 5.38. The van der Waals surface area contributed by atoms with E-state index < -0.39 is 0 Å². The van der Waals surface area contributed by atoms with Gasteiger partial charge >= 0.3 is 0 Å². The monoisotopic (exact) mass is 255 g/mol. The minimum absolute atomic E-state index is 0.382. The molecule has 1 saturated carbocycles. The predicted molar refractivity (Wildman–Crippen MR) is 70.2 cm³/mol. The summed E-state index contributed by atoms with van der Waals surface area (Å²) >= 11 is 6.15. The largest absolute Gasteiger partial charge is 0.301 e. The Bertz CT molecular complexity index is 367. The highest BCUT2D eigenvalue weighted by Crippen LogP contribution is 2.38. The van der Waals surface area contributed by atoms with Crippen molar-refractivity contribution in [2.45, 2.75) is 65.3 Å². The van der Waals surface area contributed by atoms with Gasteiger partial charge in [0, 0.05) is 13.0 Å². The first-order valence-corrected chi connectivity index (χ1v) is 7.10. The molecule has 0 unspecified atom stereocenters. The molecule has 0 atom stereocenters. The lowest BCUT2D eigenvalue weighted by atomic mass is 9.75. The average Bonchev–Trinajstić information content (AvgIpc) is 2.63. The molecule has 0 aliphatic heterocycles. The van der Waals surface area contributed by atoms with Crippen LogP contribution in [0.1, 0.15) is 58.2 Å². The molecule has 17 heavy (non-hydrogen) atoms. The summed E-state index contributed by atoms with van der Waals surface area (Å²) in [6.45, 7) is 5.52. The fraction of sp³-hybridized carbons (Fsp3) is 0.846. The molecule has 4 heteroatoms. The Balaban J connectivity index is 2.13. The predicted octanol–water partition coefficient (Wildman–Crippen LogP) is 3.85. The first-order chi connectivity index (χ1) is 8.14. The minimum atomic E-state index is 0.382. The molecule has 2 rings (SSSR count). The van der Waals surface area contributed by atoms with Gasteiger partial charge in [-0.15, -0.1) is 10.2 Å². The van der Waals surface area contributed by atoms with Crippen molar-refractivity contribution in [3.63, 3.8) is 0 Å². The number of aryl methyl sites for hydroxylation is 1. The zero-order valence-electron chi connectivity index (χ0n) is 10.9. The van der Waals surface area contributed by atoms with E-state index in [-0.39, 0.29) is 0 Å². The van der Waals surface area contributed by atoms with E-state index in [0.29, 0.717) is 10.7 Å². The van der Waals surface area contributed by atoms with Gasteiger partial charge in [0.1, 0.15) is 5.82 Å². The van der Waals surface area contributed by atoms with Gasteiger partial charge in [0.2, 0.25) is 5.28 Å². The van der Waals surface area contributed by atoms with E-state index in [0.717, 1.165) is 25.2 Å². The maximum Gasteiger partial charge on any atom is 0.225 e. The normalized spacial score (nSPS) is 19.5. The van der Waals surface area contributed by atoms with E-state index in [2.05, 4.69) is 28.6 Å². The Morgan fingerprint density at radius 2 is 1.94 bits per heavy atom. The lowest BCUT2D eigenvalue weighted by Crippen LogP contribution is -2.27. The Morgan fingerprint density at radius 1 is 1.24 bits per heavy atom. The number of rotatable bonds is 4. The van der Waals surface area contributed by atoms with Crippen LogP contribution in [0.3, 0.4) is 0 Å². The Morgan fingerprint density at radius 3 is 2.59 bits per heavy atom. The molecule has 0 saturated heterocycles. The van der Waals surface area contributed by atoms with Gasteiger partial charge in [0.15, 0.2) is 0 Å². The molecule has 1 fully saturated rings. The third kappa shape index (κ3) is 3.01. The Kier molecular flexibility index (Phi) is 4.08. The van der Waals surface area contributed by atoms with Crippen molar-refractivity contribution in [3.05, 3.63) is 11.1 Å². The van der Waals surface area contributed by atoms with Crippen LogP contribution >= 0.6 is 11.6 Å². The smallest absolute Gasteiger partial charge is 0.225 e. The number of hydrogen-bond donors (Lipinski definition) is 0. The van der Waals surface area contributed by atoms with Crippen molar-refractivity contribution in [1.82, 2.24) is 14.8 Å². The van der Waals surface area contributed by atoms with Crippen LogP contribution in [0.4, 0.5) is 0 Å². The highest BCUT2D eigenvalue weighted by Gasteiger charge is 2.29. The molecule has 1 heterocycles. The van der Waals surface area contributed by atoms with Crippen LogP contribution in [-0.2, 0) is 13.0 Å². The van der Waals surface area contributed by atoms with Gasteiger partial charge in [-0.25, -0.2) is 0 Å². The summed E-state index contributed by atoms with van der Waals surface area (Å²) < 4.78 is 2.12. The van der Waals surface area contributed by atoms with Gasteiger partial charge in [0.25, 0.3) is 0 Å². The van der Waals surface area contributed by atoms with Crippen molar-refractivity contribution < 1.29 is 0 Å². The average molecular weight is 256 g/mol. The molecule has 0 amide bonds. The van der Waals surface area contributed by atoms with Gasteiger partial charge in [-0.2, -0.15) is 0 Å². The molecular weight excluding hydrogens is 234 g/mol. The molecule has 0 N–H and O–H groups in total.